The minimum Gasteiger partial charge on any atom is -0.484 e. The maximum Gasteiger partial charge on any atom is 0.187 e. The van der Waals surface area contributed by atoms with Crippen LogP contribution in [0.15, 0.2) is 12.1 Å². The lowest BCUT2D eigenvalue weighted by molar-refractivity contribution is -0.207. The number of methoxy groups -OCH3 is 3. The molecule has 0 saturated heterocycles. The minimum absolute atomic E-state index is 0.00793. The molecule has 2 heterocycles. The van der Waals surface area contributed by atoms with Crippen LogP contribution >= 0.6 is 0 Å². The Kier molecular flexibility index (Phi) is 6.46. The van der Waals surface area contributed by atoms with Gasteiger partial charge >= 0.3 is 0 Å². The molecular weight excluding hydrogens is 344 g/mol. The van der Waals surface area contributed by atoms with Crippen molar-refractivity contribution in [3.05, 3.63) is 28.8 Å². The van der Waals surface area contributed by atoms with E-state index in [-0.39, 0.29) is 18.3 Å². The van der Waals surface area contributed by atoms with E-state index in [1.165, 1.54) is 12.8 Å². The second-order valence-electron chi connectivity index (χ2n) is 8.08. The van der Waals surface area contributed by atoms with Gasteiger partial charge in [0.25, 0.3) is 0 Å². The fourth-order valence-electron chi connectivity index (χ4n) is 4.34. The molecule has 1 aromatic carbocycles. The molecule has 0 amide bonds. The number of benzene rings is 1. The Morgan fingerprint density at radius 3 is 2.48 bits per heavy atom. The summed E-state index contributed by atoms with van der Waals surface area (Å²) in [5.41, 5.74) is 2.79. The van der Waals surface area contributed by atoms with Gasteiger partial charge < -0.3 is 23.7 Å². The Balaban J connectivity index is 2.00. The lowest BCUT2D eigenvalue weighted by Gasteiger charge is -2.43. The number of ether oxygens (including phenoxy) is 5. The first kappa shape index (κ1) is 20.6. The van der Waals surface area contributed by atoms with Crippen LogP contribution in [0.2, 0.25) is 0 Å². The molecule has 152 valence electrons. The summed E-state index contributed by atoms with van der Waals surface area (Å²) < 4.78 is 30.1. The van der Waals surface area contributed by atoms with Gasteiger partial charge in [-0.2, -0.15) is 0 Å². The lowest BCUT2D eigenvalue weighted by atomic mass is 9.85. The van der Waals surface area contributed by atoms with E-state index < -0.39 is 11.9 Å². The van der Waals surface area contributed by atoms with Crippen molar-refractivity contribution in [2.75, 3.05) is 21.3 Å². The number of hydrogen-bond acceptors (Lipinski definition) is 5. The number of fused-ring (bicyclic) bond motifs is 3. The van der Waals surface area contributed by atoms with E-state index in [1.807, 2.05) is 0 Å². The predicted octanol–water partition coefficient (Wildman–Crippen LogP) is 4.73. The average Bonchev–Trinajstić information content (AvgIpc) is 2.65. The lowest BCUT2D eigenvalue weighted by Crippen LogP contribution is -2.48. The summed E-state index contributed by atoms with van der Waals surface area (Å²) in [4.78, 5) is 0. The van der Waals surface area contributed by atoms with E-state index in [2.05, 4.69) is 32.9 Å². The molecule has 0 aromatic heterocycles. The summed E-state index contributed by atoms with van der Waals surface area (Å²) in [6.07, 6.45) is 4.71. The molecule has 27 heavy (non-hydrogen) atoms. The average molecular weight is 379 g/mol. The van der Waals surface area contributed by atoms with Crippen LogP contribution in [0.25, 0.3) is 0 Å². The van der Waals surface area contributed by atoms with Crippen molar-refractivity contribution < 1.29 is 23.7 Å². The Hall–Kier alpha value is -1.14. The highest BCUT2D eigenvalue weighted by Crippen LogP contribution is 2.48. The van der Waals surface area contributed by atoms with Crippen LogP contribution in [0, 0.1) is 0 Å². The molecule has 5 heteroatoms. The van der Waals surface area contributed by atoms with Gasteiger partial charge in [0.2, 0.25) is 0 Å². The molecule has 0 saturated carbocycles. The van der Waals surface area contributed by atoms with Gasteiger partial charge in [0, 0.05) is 27.8 Å². The molecule has 0 spiro atoms. The zero-order valence-corrected chi connectivity index (χ0v) is 17.5. The SMILES string of the molecule is CCCCC[C@H]1O[C@H](OC)c2c(ccc3c2OC(C)(C)[C@@H](OC)C3)[C@H]1OC. The van der Waals surface area contributed by atoms with E-state index in [1.54, 1.807) is 21.3 Å². The highest BCUT2D eigenvalue weighted by molar-refractivity contribution is 5.51. The van der Waals surface area contributed by atoms with Gasteiger partial charge in [-0.25, -0.2) is 0 Å². The third-order valence-corrected chi connectivity index (χ3v) is 5.88. The van der Waals surface area contributed by atoms with Crippen LogP contribution in [0.5, 0.6) is 5.75 Å². The Morgan fingerprint density at radius 1 is 1.07 bits per heavy atom. The number of hydrogen-bond donors (Lipinski definition) is 0. The van der Waals surface area contributed by atoms with E-state index in [9.17, 15) is 0 Å². The molecule has 5 nitrogen and oxygen atoms in total. The van der Waals surface area contributed by atoms with Crippen molar-refractivity contribution in [1.82, 2.24) is 0 Å². The molecule has 0 bridgehead atoms. The van der Waals surface area contributed by atoms with Crippen LogP contribution in [-0.4, -0.2) is 39.1 Å². The maximum atomic E-state index is 6.44. The first-order chi connectivity index (χ1) is 13.0. The molecule has 0 radical (unpaired) electrons. The fraction of sp³-hybridized carbons (Fsp3) is 0.727. The molecular formula is C22H34O5. The van der Waals surface area contributed by atoms with Crippen molar-refractivity contribution in [3.8, 4) is 5.75 Å². The zero-order chi connectivity index (χ0) is 19.6. The summed E-state index contributed by atoms with van der Waals surface area (Å²) in [5.74, 6) is 0.867. The maximum absolute atomic E-state index is 6.44. The second-order valence-corrected chi connectivity index (χ2v) is 8.08. The van der Waals surface area contributed by atoms with Crippen molar-refractivity contribution >= 4 is 0 Å². The van der Waals surface area contributed by atoms with Gasteiger partial charge in [-0.05, 0) is 31.4 Å². The third-order valence-electron chi connectivity index (χ3n) is 5.88. The van der Waals surface area contributed by atoms with Crippen LogP contribution in [0.1, 0.15) is 75.5 Å². The summed E-state index contributed by atoms with van der Waals surface area (Å²) in [5, 5.41) is 0. The van der Waals surface area contributed by atoms with Gasteiger partial charge in [0.15, 0.2) is 6.29 Å². The molecule has 0 unspecified atom stereocenters. The Labute approximate surface area is 163 Å². The van der Waals surface area contributed by atoms with E-state index in [0.29, 0.717) is 0 Å². The summed E-state index contributed by atoms with van der Waals surface area (Å²) in [6, 6.07) is 4.29. The third kappa shape index (κ3) is 3.88. The monoisotopic (exact) mass is 378 g/mol. The van der Waals surface area contributed by atoms with Gasteiger partial charge in [-0.1, -0.05) is 38.3 Å². The molecule has 0 fully saturated rings. The second kappa shape index (κ2) is 8.48. The predicted molar refractivity (Wildman–Crippen MR) is 104 cm³/mol. The fourth-order valence-corrected chi connectivity index (χ4v) is 4.34. The molecule has 2 aliphatic heterocycles. The van der Waals surface area contributed by atoms with Gasteiger partial charge in [-0.3, -0.25) is 0 Å². The van der Waals surface area contributed by atoms with Gasteiger partial charge in [-0.15, -0.1) is 0 Å². The summed E-state index contributed by atoms with van der Waals surface area (Å²) in [7, 11) is 5.18. The Morgan fingerprint density at radius 2 is 1.85 bits per heavy atom. The highest BCUT2D eigenvalue weighted by Gasteiger charge is 2.43. The van der Waals surface area contributed by atoms with Gasteiger partial charge in [0.1, 0.15) is 23.6 Å². The largest absolute Gasteiger partial charge is 0.484 e. The van der Waals surface area contributed by atoms with Crippen LogP contribution < -0.4 is 4.74 Å². The number of rotatable bonds is 7. The molecule has 2 aliphatic rings. The quantitative estimate of drug-likeness (QED) is 0.642. The van der Waals surface area contributed by atoms with E-state index >= 15 is 0 Å². The zero-order valence-electron chi connectivity index (χ0n) is 17.5. The minimum atomic E-state index is -0.442. The molecule has 4 atom stereocenters. The van der Waals surface area contributed by atoms with Crippen molar-refractivity contribution in [1.29, 1.82) is 0 Å². The van der Waals surface area contributed by atoms with E-state index in [4.69, 9.17) is 23.7 Å². The number of unbranched alkanes of at least 4 members (excludes halogenated alkanes) is 2. The molecule has 1 aromatic rings. The first-order valence-corrected chi connectivity index (χ1v) is 10.0. The van der Waals surface area contributed by atoms with Crippen molar-refractivity contribution in [2.24, 2.45) is 0 Å². The topological polar surface area (TPSA) is 46.2 Å². The highest BCUT2D eigenvalue weighted by atomic mass is 16.7. The van der Waals surface area contributed by atoms with Crippen LogP contribution in [-0.2, 0) is 25.4 Å². The van der Waals surface area contributed by atoms with Crippen molar-refractivity contribution in [3.63, 3.8) is 0 Å². The first-order valence-electron chi connectivity index (χ1n) is 10.0. The summed E-state index contributed by atoms with van der Waals surface area (Å²) in [6.45, 7) is 6.34. The van der Waals surface area contributed by atoms with Crippen molar-refractivity contribution in [2.45, 2.75) is 83.1 Å². The van der Waals surface area contributed by atoms with Gasteiger partial charge in [0.05, 0.1) is 11.7 Å². The molecule has 0 aliphatic carbocycles. The standard InChI is InChI=1S/C22H34O5/c1-7-8-9-10-16-20(24-5)15-12-11-14-13-17(23-4)22(2,3)27-19(14)18(15)21(25-6)26-16/h11-12,16-17,20-21H,7-10,13H2,1-6H3/t16-,17+,20-,21+/m1/s1. The van der Waals surface area contributed by atoms with Crippen LogP contribution in [0.3, 0.4) is 0 Å². The van der Waals surface area contributed by atoms with E-state index in [0.717, 1.165) is 41.7 Å². The molecule has 0 N–H and O–H groups in total. The van der Waals surface area contributed by atoms with Crippen LogP contribution in [0.4, 0.5) is 0 Å². The Bertz CT molecular complexity index is 642. The normalized spacial score (nSPS) is 29.0. The summed E-state index contributed by atoms with van der Waals surface area (Å²) >= 11 is 0. The smallest absolute Gasteiger partial charge is 0.187 e. The molecule has 3 rings (SSSR count).